The predicted molar refractivity (Wildman–Crippen MR) is 117 cm³/mol. The third kappa shape index (κ3) is 6.94. The monoisotopic (exact) mass is 464 g/mol. The number of esters is 1. The van der Waals surface area contributed by atoms with Crippen LogP contribution in [0.4, 0.5) is 0 Å². The Hall–Kier alpha value is -2.62. The number of carbonyl (C=O) groups excluding carboxylic acids is 1. The van der Waals surface area contributed by atoms with Crippen LogP contribution in [0.2, 0.25) is 0 Å². The Morgan fingerprint density at radius 1 is 1.00 bits per heavy atom. The molecule has 1 aliphatic rings. The maximum absolute atomic E-state index is 11.7. The molecule has 1 saturated heterocycles. The molecule has 0 spiro atoms. The summed E-state index contributed by atoms with van der Waals surface area (Å²) in [6, 6.07) is 14.7. The molecule has 3 rings (SSSR count). The number of ether oxygens (including phenoxy) is 4. The fourth-order valence-corrected chi connectivity index (χ4v) is 3.75. The molecule has 0 saturated carbocycles. The molecule has 0 amide bonds. The summed E-state index contributed by atoms with van der Waals surface area (Å²) < 4.78 is 48.8. The molecule has 1 fully saturated rings. The van der Waals surface area contributed by atoms with E-state index in [1.807, 2.05) is 36.4 Å². The zero-order valence-electron chi connectivity index (χ0n) is 18.4. The van der Waals surface area contributed by atoms with E-state index in [1.54, 1.807) is 19.1 Å². The molecule has 8 nitrogen and oxygen atoms in total. The molecule has 1 heterocycles. The maximum atomic E-state index is 11.7. The van der Waals surface area contributed by atoms with Crippen molar-refractivity contribution in [2.24, 2.45) is 5.92 Å². The Kier molecular flexibility index (Phi) is 7.76. The quantitative estimate of drug-likeness (QED) is 0.413. The van der Waals surface area contributed by atoms with E-state index < -0.39 is 21.9 Å². The lowest BCUT2D eigenvalue weighted by Crippen LogP contribution is -2.48. The van der Waals surface area contributed by atoms with E-state index in [2.05, 4.69) is 0 Å². The van der Waals surface area contributed by atoms with Crippen LogP contribution in [0.3, 0.4) is 0 Å². The lowest BCUT2D eigenvalue weighted by Gasteiger charge is -2.35. The lowest BCUT2D eigenvalue weighted by molar-refractivity contribution is -0.272. The first-order valence-corrected chi connectivity index (χ1v) is 12.0. The zero-order valence-corrected chi connectivity index (χ0v) is 19.2. The van der Waals surface area contributed by atoms with Crippen molar-refractivity contribution in [3.05, 3.63) is 59.7 Å². The van der Waals surface area contributed by atoms with Crippen LogP contribution in [-0.2, 0) is 42.0 Å². The van der Waals surface area contributed by atoms with Gasteiger partial charge in [-0.1, -0.05) is 24.3 Å². The first kappa shape index (κ1) is 24.0. The third-order valence-electron chi connectivity index (χ3n) is 5.02. The fraction of sp³-hybridized carbons (Fsp3) is 0.435. The van der Waals surface area contributed by atoms with Crippen molar-refractivity contribution in [2.45, 2.75) is 25.6 Å². The van der Waals surface area contributed by atoms with Crippen molar-refractivity contribution in [1.29, 1.82) is 0 Å². The number of carbonyl (C=O) groups is 1. The van der Waals surface area contributed by atoms with Crippen LogP contribution in [0.1, 0.15) is 18.1 Å². The molecule has 0 aromatic heterocycles. The summed E-state index contributed by atoms with van der Waals surface area (Å²) in [6.07, 6.45) is 2.45. The summed E-state index contributed by atoms with van der Waals surface area (Å²) >= 11 is 0. The van der Waals surface area contributed by atoms with Gasteiger partial charge in [0.15, 0.2) is 0 Å². The van der Waals surface area contributed by atoms with Gasteiger partial charge >= 0.3 is 16.1 Å². The molecule has 0 unspecified atom stereocenters. The predicted octanol–water partition coefficient (Wildman–Crippen LogP) is 2.74. The van der Waals surface area contributed by atoms with Crippen LogP contribution in [-0.4, -0.2) is 53.4 Å². The molecular formula is C23H28O8S. The number of methoxy groups -OCH3 is 1. The number of hydrogen-bond acceptors (Lipinski definition) is 8. The Bertz CT molecular complexity index is 991. The van der Waals surface area contributed by atoms with Crippen LogP contribution in [0.5, 0.6) is 11.5 Å². The molecule has 32 heavy (non-hydrogen) atoms. The van der Waals surface area contributed by atoms with Crippen molar-refractivity contribution in [3.63, 3.8) is 0 Å². The van der Waals surface area contributed by atoms with Crippen molar-refractivity contribution < 1.29 is 36.3 Å². The minimum absolute atomic E-state index is 0.147. The van der Waals surface area contributed by atoms with Crippen molar-refractivity contribution in [3.8, 4) is 11.5 Å². The average molecular weight is 465 g/mol. The van der Waals surface area contributed by atoms with Crippen molar-refractivity contribution in [2.75, 3.05) is 33.2 Å². The van der Waals surface area contributed by atoms with Gasteiger partial charge in [0.2, 0.25) is 0 Å². The molecule has 1 aliphatic heterocycles. The summed E-state index contributed by atoms with van der Waals surface area (Å²) in [4.78, 5) is 11.7. The van der Waals surface area contributed by atoms with Crippen molar-refractivity contribution in [1.82, 2.24) is 0 Å². The zero-order chi connectivity index (χ0) is 23.2. The van der Waals surface area contributed by atoms with E-state index in [0.29, 0.717) is 26.2 Å². The molecule has 0 N–H and O–H groups in total. The lowest BCUT2D eigenvalue weighted by atomic mass is 9.99. The SMILES string of the molecule is COC(=O)[C@]1(C)OC[C@@H](Cc2ccc(OCCc3ccc(OS(C)(=O)=O)cc3)cc2)CO1. The first-order valence-electron chi connectivity index (χ1n) is 10.2. The highest BCUT2D eigenvalue weighted by molar-refractivity contribution is 7.86. The van der Waals surface area contributed by atoms with Crippen LogP contribution in [0.15, 0.2) is 48.5 Å². The molecule has 0 bridgehead atoms. The topological polar surface area (TPSA) is 97.4 Å². The van der Waals surface area contributed by atoms with Gasteiger partial charge in [-0.3, -0.25) is 0 Å². The Balaban J connectivity index is 1.42. The van der Waals surface area contributed by atoms with E-state index in [1.165, 1.54) is 7.11 Å². The summed E-state index contributed by atoms with van der Waals surface area (Å²) in [5, 5.41) is 0. The summed E-state index contributed by atoms with van der Waals surface area (Å²) in [7, 11) is -2.22. The summed E-state index contributed by atoms with van der Waals surface area (Å²) in [6.45, 7) is 2.89. The highest BCUT2D eigenvalue weighted by Crippen LogP contribution is 2.25. The van der Waals surface area contributed by atoms with E-state index in [0.717, 1.165) is 29.6 Å². The van der Waals surface area contributed by atoms with Crippen LogP contribution in [0.25, 0.3) is 0 Å². The average Bonchev–Trinajstić information content (AvgIpc) is 2.76. The van der Waals surface area contributed by atoms with Crippen LogP contribution >= 0.6 is 0 Å². The molecular weight excluding hydrogens is 436 g/mol. The molecule has 174 valence electrons. The van der Waals surface area contributed by atoms with Gasteiger partial charge < -0.3 is 23.1 Å². The Morgan fingerprint density at radius 2 is 1.56 bits per heavy atom. The van der Waals surface area contributed by atoms with Gasteiger partial charge in [0.25, 0.3) is 5.79 Å². The van der Waals surface area contributed by atoms with Gasteiger partial charge in [-0.2, -0.15) is 8.42 Å². The van der Waals surface area contributed by atoms with Crippen molar-refractivity contribution >= 4 is 16.1 Å². The Labute approximate surface area is 188 Å². The fourth-order valence-electron chi connectivity index (χ4n) is 3.29. The highest BCUT2D eigenvalue weighted by atomic mass is 32.2. The number of benzene rings is 2. The second-order valence-electron chi connectivity index (χ2n) is 7.80. The smallest absolute Gasteiger partial charge is 0.366 e. The standard InChI is InChI=1S/C23H28O8S/c1-23(22(24)27-2)29-15-19(16-30-23)14-18-6-8-20(9-7-18)28-13-12-17-4-10-21(11-5-17)31-32(3,25)26/h4-11,19H,12-16H2,1-3H3/t19-,23-. The second kappa shape index (κ2) is 10.3. The van der Waals surface area contributed by atoms with Gasteiger partial charge in [-0.15, -0.1) is 0 Å². The largest absolute Gasteiger partial charge is 0.493 e. The van der Waals surface area contributed by atoms with Crippen LogP contribution in [0, 0.1) is 5.92 Å². The van der Waals surface area contributed by atoms with Gasteiger partial charge in [-0.25, -0.2) is 4.79 Å². The van der Waals surface area contributed by atoms with Gasteiger partial charge in [0.05, 0.1) is 33.2 Å². The van der Waals surface area contributed by atoms with E-state index in [4.69, 9.17) is 23.1 Å². The summed E-state index contributed by atoms with van der Waals surface area (Å²) in [5.41, 5.74) is 2.14. The van der Waals surface area contributed by atoms with Gasteiger partial charge in [-0.05, 0) is 41.8 Å². The molecule has 2 aromatic rings. The normalized spacial score (nSPS) is 21.0. The number of rotatable bonds is 9. The van der Waals surface area contributed by atoms with E-state index in [9.17, 15) is 13.2 Å². The third-order valence-corrected chi connectivity index (χ3v) is 5.52. The van der Waals surface area contributed by atoms with E-state index >= 15 is 0 Å². The molecule has 0 aliphatic carbocycles. The number of hydrogen-bond donors (Lipinski definition) is 0. The van der Waals surface area contributed by atoms with E-state index in [-0.39, 0.29) is 11.7 Å². The first-order chi connectivity index (χ1) is 15.2. The summed E-state index contributed by atoms with van der Waals surface area (Å²) in [5.74, 6) is -0.661. The second-order valence-corrected chi connectivity index (χ2v) is 9.38. The molecule has 2 aromatic carbocycles. The maximum Gasteiger partial charge on any atom is 0.366 e. The highest BCUT2D eigenvalue weighted by Gasteiger charge is 2.41. The molecule has 0 atom stereocenters. The minimum atomic E-state index is -3.52. The minimum Gasteiger partial charge on any atom is -0.493 e. The molecule has 0 radical (unpaired) electrons. The molecule has 9 heteroatoms. The Morgan fingerprint density at radius 3 is 2.12 bits per heavy atom. The van der Waals surface area contributed by atoms with Gasteiger partial charge in [0.1, 0.15) is 11.5 Å². The van der Waals surface area contributed by atoms with Gasteiger partial charge in [0, 0.05) is 19.3 Å². The van der Waals surface area contributed by atoms with Crippen LogP contribution < -0.4 is 8.92 Å².